The van der Waals surface area contributed by atoms with E-state index < -0.39 is 156 Å². The maximum Gasteiger partial charge on any atom is 0.245 e. The molecule has 13 atom stereocenters. The van der Waals surface area contributed by atoms with E-state index in [1.54, 1.807) is 58.0 Å². The van der Waals surface area contributed by atoms with Crippen molar-refractivity contribution in [2.75, 3.05) is 32.7 Å². The normalized spacial score (nSPS) is 17.9. The van der Waals surface area contributed by atoms with E-state index in [9.17, 15) is 67.7 Å². The van der Waals surface area contributed by atoms with Gasteiger partial charge in [-0.2, -0.15) is 0 Å². The molecule has 0 aliphatic carbocycles. The van der Waals surface area contributed by atoms with Gasteiger partial charge in [0, 0.05) is 32.6 Å². The lowest BCUT2D eigenvalue weighted by molar-refractivity contribution is -0.143. The van der Waals surface area contributed by atoms with Crippen LogP contribution in [0.3, 0.4) is 0 Å². The van der Waals surface area contributed by atoms with Gasteiger partial charge in [-0.1, -0.05) is 58.0 Å². The predicted molar refractivity (Wildman–Crippen MR) is 351 cm³/mol. The Hall–Kier alpha value is -8.76. The van der Waals surface area contributed by atoms with E-state index in [2.05, 4.69) is 52.5 Å². The van der Waals surface area contributed by atoms with E-state index in [4.69, 9.17) is 45.9 Å². The highest BCUT2D eigenvalue weighted by atomic mass is 16.3. The van der Waals surface area contributed by atoms with Crippen LogP contribution in [0, 0.1) is 11.8 Å². The highest BCUT2D eigenvalue weighted by molar-refractivity contribution is 6.00. The molecule has 34 nitrogen and oxygen atoms in total. The average Bonchev–Trinajstić information content (AvgIpc) is 1.77. The van der Waals surface area contributed by atoms with Crippen molar-refractivity contribution in [2.24, 2.45) is 67.7 Å². The third kappa shape index (κ3) is 27.6. The minimum absolute atomic E-state index is 0.00508. The summed E-state index contributed by atoms with van der Waals surface area (Å²) in [6.07, 6.45) is -1.47. The molecule has 2 heterocycles. The number of amides is 12. The van der Waals surface area contributed by atoms with E-state index >= 15 is 0 Å². The monoisotopic (exact) mass is 1340 g/mol. The molecule has 2 aliphatic heterocycles. The van der Waals surface area contributed by atoms with Gasteiger partial charge < -0.3 is 108 Å². The number of primary amides is 2. The molecule has 2 aliphatic rings. The molecule has 1 aromatic rings. The van der Waals surface area contributed by atoms with Crippen molar-refractivity contribution in [1.29, 1.82) is 0 Å². The average molecular weight is 1340 g/mol. The molecule has 2 fully saturated rings. The van der Waals surface area contributed by atoms with Crippen molar-refractivity contribution in [3.63, 3.8) is 0 Å². The van der Waals surface area contributed by atoms with Gasteiger partial charge in [-0.05, 0) is 121 Å². The van der Waals surface area contributed by atoms with Gasteiger partial charge >= 0.3 is 0 Å². The third-order valence-electron chi connectivity index (χ3n) is 15.9. The molecular formula is C61H104N20O14. The molecule has 2 saturated heterocycles. The summed E-state index contributed by atoms with van der Waals surface area (Å²) in [5.41, 5.74) is 45.8. The van der Waals surface area contributed by atoms with E-state index in [1.807, 2.05) is 0 Å². The molecule has 0 saturated carbocycles. The molecule has 0 aromatic heterocycles. The lowest BCUT2D eigenvalue weighted by Gasteiger charge is -2.32. The van der Waals surface area contributed by atoms with Gasteiger partial charge in [0.25, 0.3) is 0 Å². The summed E-state index contributed by atoms with van der Waals surface area (Å²) < 4.78 is 0. The van der Waals surface area contributed by atoms with Crippen molar-refractivity contribution in [2.45, 2.75) is 217 Å². The van der Waals surface area contributed by atoms with E-state index in [-0.39, 0.29) is 121 Å². The number of unbranched alkanes of at least 4 members (excludes halogenated alkanes) is 1. The second-order valence-electron chi connectivity index (χ2n) is 25.0. The van der Waals surface area contributed by atoms with Crippen molar-refractivity contribution in [1.82, 2.24) is 52.3 Å². The van der Waals surface area contributed by atoms with Crippen molar-refractivity contribution >= 4 is 82.8 Å². The largest absolute Gasteiger partial charge is 0.391 e. The summed E-state index contributed by atoms with van der Waals surface area (Å²) in [4.78, 5) is 176. The Morgan fingerprint density at radius 1 is 0.505 bits per heavy atom. The number of rotatable bonds is 41. The Morgan fingerprint density at radius 3 is 1.43 bits per heavy atom. The minimum atomic E-state index is -1.87. The smallest absolute Gasteiger partial charge is 0.245 e. The Morgan fingerprint density at radius 2 is 0.937 bits per heavy atom. The third-order valence-corrected chi connectivity index (χ3v) is 15.9. The van der Waals surface area contributed by atoms with Crippen LogP contribution in [0.25, 0.3) is 0 Å². The molecule has 1 aromatic carbocycles. The fourth-order valence-electron chi connectivity index (χ4n) is 11.0. The van der Waals surface area contributed by atoms with Crippen LogP contribution in [-0.4, -0.2) is 214 Å². The number of guanidine groups is 2. The van der Waals surface area contributed by atoms with Gasteiger partial charge in [-0.15, -0.1) is 0 Å². The maximum absolute atomic E-state index is 14.7. The van der Waals surface area contributed by atoms with Crippen LogP contribution in [0.4, 0.5) is 0 Å². The van der Waals surface area contributed by atoms with Gasteiger partial charge in [0.2, 0.25) is 70.9 Å². The van der Waals surface area contributed by atoms with Crippen molar-refractivity contribution in [3.05, 3.63) is 35.9 Å². The number of nitrogens with one attached hydrogen (secondary N) is 8. The number of hydrogen-bond donors (Lipinski definition) is 18. The number of hydrogen-bond acceptors (Lipinski definition) is 18. The first-order valence-corrected chi connectivity index (χ1v) is 32.3. The lowest BCUT2D eigenvalue weighted by atomic mass is 10.00. The number of aliphatic hydroxyl groups is 2. The second kappa shape index (κ2) is 40.5. The fourth-order valence-corrected chi connectivity index (χ4v) is 11.0. The fraction of sp³-hybridized carbons (Fsp3) is 0.672. The Kier molecular flexibility index (Phi) is 34.3. The summed E-state index contributed by atoms with van der Waals surface area (Å²) in [7, 11) is 0. The van der Waals surface area contributed by atoms with Gasteiger partial charge in [-0.25, -0.2) is 0 Å². The molecule has 34 heteroatoms. The first-order chi connectivity index (χ1) is 44.8. The lowest BCUT2D eigenvalue weighted by Crippen LogP contribution is -2.63. The summed E-state index contributed by atoms with van der Waals surface area (Å²) in [6, 6.07) is -6.51. The topological polar surface area (TPSA) is 581 Å². The molecule has 95 heavy (non-hydrogen) atoms. The highest BCUT2D eigenvalue weighted by Gasteiger charge is 2.43. The number of nitrogens with two attached hydrogens (primary N) is 8. The van der Waals surface area contributed by atoms with E-state index in [1.165, 1.54) is 9.80 Å². The van der Waals surface area contributed by atoms with Crippen LogP contribution in [0.5, 0.6) is 0 Å². The number of aliphatic imine (C=N–C) groups is 2. The van der Waals surface area contributed by atoms with Crippen LogP contribution >= 0.6 is 0 Å². The molecular weight excluding hydrogens is 1240 g/mol. The molecule has 0 spiro atoms. The predicted octanol–water partition coefficient (Wildman–Crippen LogP) is -6.13. The summed E-state index contributed by atoms with van der Waals surface area (Å²) in [6.45, 7) is 9.99. The maximum atomic E-state index is 14.7. The Bertz CT molecular complexity index is 2820. The van der Waals surface area contributed by atoms with Crippen molar-refractivity contribution in [3.8, 4) is 0 Å². The first-order valence-electron chi connectivity index (χ1n) is 32.3. The van der Waals surface area contributed by atoms with E-state index in [0.29, 0.717) is 31.2 Å². The standard InChI is InChI=1S/C61H104N20O14/c1-32(2)28-41(51(87)74-40(49(65)85)30-36-16-8-7-9-17-36)75-53(89)43(31-46(64)84)76-52(88)42(29-33(3)4)77-56(92)47(34(5)82)79-57(93)48(35(6)83)78-55(91)45-22-15-27-81(45)59(95)39(20-13-25-71-61(68)69)73-50(86)38(19-10-11-23-62)72-54(90)44-21-14-26-80(44)58(94)37(63)18-12-24-70-60(66)67/h7-9,16-17,32-35,37-45,47-48,82-83H,10-15,18-31,62-63H2,1-6H3,(H2,64,84)(H2,65,85)(H,72,90)(H,73,86)(H,74,87)(H,75,89)(H,76,88)(H,77,92)(H,78,91)(H,79,93)(H4,66,67,70)(H4,68,69,71)/t34-,35-,37-,38-,39-,40+,41+,42-,43-,44+,45+,47-,48-/m1/s1. The molecule has 0 unspecified atom stereocenters. The van der Waals surface area contributed by atoms with Gasteiger partial charge in [0.15, 0.2) is 11.9 Å². The number of aliphatic hydroxyl groups excluding tert-OH is 2. The van der Waals surface area contributed by atoms with Crippen LogP contribution in [-0.2, 0) is 64.0 Å². The van der Waals surface area contributed by atoms with Crippen LogP contribution in [0.1, 0.15) is 137 Å². The Balaban J connectivity index is 1.83. The number of nitrogens with zero attached hydrogens (tertiary/aromatic N) is 4. The van der Waals surface area contributed by atoms with Crippen LogP contribution in [0.15, 0.2) is 40.3 Å². The summed E-state index contributed by atoms with van der Waals surface area (Å²) in [5.74, 6) is -11.4. The van der Waals surface area contributed by atoms with E-state index in [0.717, 1.165) is 13.8 Å². The molecule has 26 N–H and O–H groups in total. The summed E-state index contributed by atoms with van der Waals surface area (Å²) >= 11 is 0. The van der Waals surface area contributed by atoms with Crippen LogP contribution < -0.4 is 88.4 Å². The molecule has 12 amide bonds. The second-order valence-corrected chi connectivity index (χ2v) is 25.0. The number of carbonyl (C=O) groups excluding carboxylic acids is 12. The number of carbonyl (C=O) groups is 12. The zero-order valence-corrected chi connectivity index (χ0v) is 55.4. The molecule has 3 rings (SSSR count). The number of benzene rings is 1. The SMILES string of the molecule is CC(C)C[C@H](NC(=O)[C@@H](CC(N)=O)NC(=O)[C@@H](CC(C)C)NC(=O)[C@H](NC(=O)[C@H](NC(=O)[C@@H]1CCCN1C(=O)[C@@H](CCCN=C(N)N)NC(=O)[C@@H](CCCCN)NC(=O)[C@@H]1CCCN1C(=O)[C@H](N)CCCN=C(N)N)[C@@H](C)O)[C@@H](C)O)C(=O)N[C@@H](Cc1ccccc1)C(N)=O. The van der Waals surface area contributed by atoms with Gasteiger partial charge in [-0.3, -0.25) is 67.5 Å². The zero-order chi connectivity index (χ0) is 71.2. The quantitative estimate of drug-likeness (QED) is 0.0165. The molecule has 0 bridgehead atoms. The molecule has 532 valence electrons. The first kappa shape index (κ1) is 80.5. The Labute approximate surface area is 553 Å². The van der Waals surface area contributed by atoms with Crippen LogP contribution in [0.2, 0.25) is 0 Å². The minimum Gasteiger partial charge on any atom is -0.391 e. The summed E-state index contributed by atoms with van der Waals surface area (Å²) in [5, 5.41) is 42.3. The highest BCUT2D eigenvalue weighted by Crippen LogP contribution is 2.23. The molecule has 0 radical (unpaired) electrons. The van der Waals surface area contributed by atoms with Gasteiger partial charge in [0.1, 0.15) is 60.4 Å². The number of likely N-dealkylation sites (tertiary alicyclic amines) is 2. The van der Waals surface area contributed by atoms with Gasteiger partial charge in [0.05, 0.1) is 24.7 Å². The zero-order valence-electron chi connectivity index (χ0n) is 55.4. The van der Waals surface area contributed by atoms with Crippen molar-refractivity contribution < 1.29 is 67.7 Å².